The second-order valence-electron chi connectivity index (χ2n) is 4.28. The minimum Gasteiger partial charge on any atom is -0.466 e. The van der Waals surface area contributed by atoms with Crippen molar-refractivity contribution >= 4 is 17.6 Å². The van der Waals surface area contributed by atoms with E-state index in [9.17, 15) is 4.79 Å². The van der Waals surface area contributed by atoms with E-state index in [1.54, 1.807) is 5.54 Å². The van der Waals surface area contributed by atoms with Gasteiger partial charge in [-0.05, 0) is 38.8 Å². The van der Waals surface area contributed by atoms with Crippen LogP contribution >= 0.6 is 11.6 Å². The molecule has 0 aromatic heterocycles. The van der Waals surface area contributed by atoms with Crippen LogP contribution in [0.3, 0.4) is 0 Å². The Morgan fingerprint density at radius 2 is 2.38 bits per heavy atom. The molecule has 1 saturated heterocycles. The van der Waals surface area contributed by atoms with E-state index in [2.05, 4.69) is 4.90 Å². The van der Waals surface area contributed by atoms with Gasteiger partial charge in [0.2, 0.25) is 0 Å². The molecular formula is C12H20ClNO2. The molecule has 0 aromatic carbocycles. The van der Waals surface area contributed by atoms with Gasteiger partial charge in [-0.1, -0.05) is 11.6 Å². The molecule has 1 aliphatic rings. The largest absolute Gasteiger partial charge is 0.466 e. The second-order valence-corrected chi connectivity index (χ2v) is 4.50. The minimum absolute atomic E-state index is 0.0387. The van der Waals surface area contributed by atoms with E-state index in [0.717, 1.165) is 38.0 Å². The second kappa shape index (κ2) is 6.92. The Hall–Kier alpha value is -0.540. The number of ether oxygens (including phenoxy) is 1. The van der Waals surface area contributed by atoms with Crippen molar-refractivity contribution in [3.8, 4) is 0 Å². The Balaban J connectivity index is 2.43. The molecule has 92 valence electrons. The average Bonchev–Trinajstić information content (AvgIpc) is 2.29. The highest BCUT2D eigenvalue weighted by Gasteiger charge is 2.26. The number of rotatable bonds is 4. The molecule has 1 heterocycles. The van der Waals surface area contributed by atoms with Crippen molar-refractivity contribution in [2.45, 2.75) is 26.7 Å². The summed E-state index contributed by atoms with van der Waals surface area (Å²) in [5.74, 6) is -0.0171. The van der Waals surface area contributed by atoms with Crippen molar-refractivity contribution in [2.24, 2.45) is 5.92 Å². The highest BCUT2D eigenvalue weighted by atomic mass is 35.5. The molecule has 0 bridgehead atoms. The Morgan fingerprint density at radius 1 is 1.62 bits per heavy atom. The summed E-state index contributed by atoms with van der Waals surface area (Å²) in [6.45, 7) is 6.99. The zero-order valence-corrected chi connectivity index (χ0v) is 10.8. The first-order valence-electron chi connectivity index (χ1n) is 5.82. The summed E-state index contributed by atoms with van der Waals surface area (Å²) in [6, 6.07) is 0. The zero-order valence-electron chi connectivity index (χ0n) is 10.0. The fourth-order valence-electron chi connectivity index (χ4n) is 2.04. The highest BCUT2D eigenvalue weighted by Crippen LogP contribution is 2.18. The minimum atomic E-state index is -0.0558. The van der Waals surface area contributed by atoms with Crippen LogP contribution < -0.4 is 0 Å². The number of carbonyl (C=O) groups is 1. The lowest BCUT2D eigenvalue weighted by Gasteiger charge is -2.31. The quantitative estimate of drug-likeness (QED) is 0.713. The maximum Gasteiger partial charge on any atom is 0.310 e. The molecular weight excluding hydrogens is 226 g/mol. The third-order valence-electron chi connectivity index (χ3n) is 2.78. The number of hydrogen-bond acceptors (Lipinski definition) is 3. The summed E-state index contributed by atoms with van der Waals surface area (Å²) in [7, 11) is 0. The topological polar surface area (TPSA) is 29.5 Å². The van der Waals surface area contributed by atoms with Gasteiger partial charge in [0, 0.05) is 18.6 Å². The number of esters is 1. The monoisotopic (exact) mass is 245 g/mol. The third kappa shape index (κ3) is 4.14. The molecule has 0 N–H and O–H groups in total. The maximum atomic E-state index is 11.6. The van der Waals surface area contributed by atoms with Gasteiger partial charge in [-0.2, -0.15) is 0 Å². The molecule has 1 aliphatic heterocycles. The molecule has 0 radical (unpaired) electrons. The molecule has 0 aliphatic carbocycles. The van der Waals surface area contributed by atoms with Gasteiger partial charge in [0.25, 0.3) is 0 Å². The fourth-order valence-corrected chi connectivity index (χ4v) is 2.11. The predicted octanol–water partition coefficient (Wildman–Crippen LogP) is 2.40. The van der Waals surface area contributed by atoms with E-state index in [4.69, 9.17) is 16.3 Å². The molecule has 1 rings (SSSR count). The molecule has 0 unspecified atom stereocenters. The summed E-state index contributed by atoms with van der Waals surface area (Å²) in [5, 5.41) is 0. The van der Waals surface area contributed by atoms with Crippen molar-refractivity contribution < 1.29 is 9.53 Å². The molecule has 0 spiro atoms. The van der Waals surface area contributed by atoms with Crippen molar-refractivity contribution in [3.63, 3.8) is 0 Å². The van der Waals surface area contributed by atoms with Crippen LogP contribution in [0.1, 0.15) is 26.7 Å². The van der Waals surface area contributed by atoms with Crippen LogP contribution in [-0.2, 0) is 9.53 Å². The van der Waals surface area contributed by atoms with E-state index in [1.165, 1.54) is 0 Å². The molecule has 0 amide bonds. The lowest BCUT2D eigenvalue weighted by Crippen LogP contribution is -2.40. The number of carbonyl (C=O) groups excluding carboxylic acids is 1. The Labute approximate surface area is 102 Å². The molecule has 4 heteroatoms. The van der Waals surface area contributed by atoms with Gasteiger partial charge < -0.3 is 4.74 Å². The van der Waals surface area contributed by atoms with Crippen LogP contribution in [0.25, 0.3) is 0 Å². The molecule has 0 saturated carbocycles. The summed E-state index contributed by atoms with van der Waals surface area (Å²) < 4.78 is 5.05. The van der Waals surface area contributed by atoms with E-state index in [0.29, 0.717) is 6.61 Å². The lowest BCUT2D eigenvalue weighted by molar-refractivity contribution is -0.149. The van der Waals surface area contributed by atoms with Crippen LogP contribution in [0.4, 0.5) is 0 Å². The van der Waals surface area contributed by atoms with Crippen LogP contribution in [0.2, 0.25) is 0 Å². The molecule has 1 atom stereocenters. The lowest BCUT2D eigenvalue weighted by atomic mass is 9.98. The Bertz CT molecular complexity index is 266. The van der Waals surface area contributed by atoms with Crippen LogP contribution in [0.15, 0.2) is 11.1 Å². The number of hydrogen-bond donors (Lipinski definition) is 0. The van der Waals surface area contributed by atoms with Crippen LogP contribution in [-0.4, -0.2) is 37.1 Å². The summed E-state index contributed by atoms with van der Waals surface area (Å²) in [6.07, 6.45) is 2.00. The van der Waals surface area contributed by atoms with Crippen LogP contribution in [0, 0.1) is 5.92 Å². The van der Waals surface area contributed by atoms with Gasteiger partial charge in [0.1, 0.15) is 0 Å². The molecule has 0 aromatic rings. The van der Waals surface area contributed by atoms with Gasteiger partial charge in [-0.3, -0.25) is 9.69 Å². The summed E-state index contributed by atoms with van der Waals surface area (Å²) in [4.78, 5) is 13.9. The Morgan fingerprint density at radius 3 is 3.00 bits per heavy atom. The van der Waals surface area contributed by atoms with Crippen molar-refractivity contribution in [3.05, 3.63) is 11.1 Å². The predicted molar refractivity (Wildman–Crippen MR) is 65.4 cm³/mol. The number of nitrogens with zero attached hydrogens (tertiary/aromatic N) is 1. The zero-order chi connectivity index (χ0) is 12.0. The summed E-state index contributed by atoms with van der Waals surface area (Å²) >= 11 is 5.64. The smallest absolute Gasteiger partial charge is 0.310 e. The number of likely N-dealkylation sites (tertiary alicyclic amines) is 1. The van der Waals surface area contributed by atoms with E-state index < -0.39 is 0 Å². The van der Waals surface area contributed by atoms with Crippen LogP contribution in [0.5, 0.6) is 0 Å². The van der Waals surface area contributed by atoms with Gasteiger partial charge >= 0.3 is 5.97 Å². The fraction of sp³-hybridized carbons (Fsp3) is 0.750. The number of halogens is 1. The van der Waals surface area contributed by atoms with E-state index >= 15 is 0 Å². The normalized spacial score (nSPS) is 23.2. The number of piperidine rings is 1. The van der Waals surface area contributed by atoms with Crippen molar-refractivity contribution in [1.82, 2.24) is 4.90 Å². The van der Waals surface area contributed by atoms with Crippen molar-refractivity contribution in [2.75, 3.05) is 26.2 Å². The highest BCUT2D eigenvalue weighted by molar-refractivity contribution is 6.25. The average molecular weight is 246 g/mol. The Kier molecular flexibility index (Phi) is 5.85. The van der Waals surface area contributed by atoms with Gasteiger partial charge in [0.15, 0.2) is 0 Å². The first-order chi connectivity index (χ1) is 7.67. The first kappa shape index (κ1) is 13.5. The molecule has 16 heavy (non-hydrogen) atoms. The third-order valence-corrected chi connectivity index (χ3v) is 3.16. The standard InChI is InChI=1S/C12H20ClNO2/c1-3-16-12(15)11-5-4-6-14(9-11)8-10(2)7-13/h7,11H,3-6,8-9H2,1-2H3/t11-/m0/s1. The van der Waals surface area contributed by atoms with E-state index in [-0.39, 0.29) is 11.9 Å². The van der Waals surface area contributed by atoms with E-state index in [1.807, 2.05) is 13.8 Å². The molecule has 1 fully saturated rings. The van der Waals surface area contributed by atoms with Gasteiger partial charge in [-0.25, -0.2) is 0 Å². The summed E-state index contributed by atoms with van der Waals surface area (Å²) in [5.41, 5.74) is 2.74. The SMILES string of the molecule is CCOC(=O)[C@H]1CCCN(CC(C)=CCl)C1. The first-order valence-corrected chi connectivity index (χ1v) is 6.25. The van der Waals surface area contributed by atoms with Gasteiger partial charge in [-0.15, -0.1) is 0 Å². The maximum absolute atomic E-state index is 11.6. The van der Waals surface area contributed by atoms with Crippen molar-refractivity contribution in [1.29, 1.82) is 0 Å². The molecule has 3 nitrogen and oxygen atoms in total. The van der Waals surface area contributed by atoms with Gasteiger partial charge in [0.05, 0.1) is 12.5 Å².